The summed E-state index contributed by atoms with van der Waals surface area (Å²) in [5.41, 5.74) is 5.76. The lowest BCUT2D eigenvalue weighted by Crippen LogP contribution is -2.30. The maximum absolute atomic E-state index is 12.3. The zero-order valence-electron chi connectivity index (χ0n) is 15.2. The number of hydrogen-bond donors (Lipinski definition) is 3. The Morgan fingerprint density at radius 2 is 1.70 bits per heavy atom. The van der Waals surface area contributed by atoms with Crippen molar-refractivity contribution in [2.24, 2.45) is 0 Å². The number of halogens is 3. The number of hydrogen-bond acceptors (Lipinski definition) is 7. The van der Waals surface area contributed by atoms with Crippen LogP contribution in [0.1, 0.15) is 15.9 Å². The second-order valence-corrected chi connectivity index (χ2v) is 7.24. The molecule has 0 atom stereocenters. The third-order valence-electron chi connectivity index (χ3n) is 3.92. The van der Waals surface area contributed by atoms with Crippen LogP contribution in [0, 0.1) is 17.0 Å². The van der Waals surface area contributed by atoms with E-state index in [-0.39, 0.29) is 22.2 Å². The van der Waals surface area contributed by atoms with Crippen molar-refractivity contribution in [3.8, 4) is 0 Å². The normalized spacial score (nSPS) is 10.4. The van der Waals surface area contributed by atoms with Crippen molar-refractivity contribution < 1.29 is 9.72 Å². The zero-order chi connectivity index (χ0) is 21.8. The fourth-order valence-corrected chi connectivity index (χ4v) is 3.21. The Morgan fingerprint density at radius 3 is 2.37 bits per heavy atom. The number of carbonyl (C=O) groups excluding carboxylic acids is 1. The summed E-state index contributed by atoms with van der Waals surface area (Å²) in [5, 5.41) is 15.6. The van der Waals surface area contributed by atoms with Gasteiger partial charge in [-0.05, 0) is 48.9 Å². The van der Waals surface area contributed by atoms with Crippen LogP contribution in [-0.4, -0.2) is 20.8 Å². The third-order valence-corrected chi connectivity index (χ3v) is 4.70. The van der Waals surface area contributed by atoms with E-state index < -0.39 is 16.5 Å². The highest BCUT2D eigenvalue weighted by molar-refractivity contribution is 6.36. The minimum absolute atomic E-state index is 0.0679. The Balaban J connectivity index is 1.85. The number of carbonyl (C=O) groups is 1. The molecule has 9 nitrogen and oxygen atoms in total. The van der Waals surface area contributed by atoms with E-state index in [0.717, 1.165) is 11.9 Å². The molecule has 1 amide bonds. The summed E-state index contributed by atoms with van der Waals surface area (Å²) in [6.07, 6.45) is 1.12. The number of amides is 1. The topological polar surface area (TPSA) is 122 Å². The number of nitro groups is 1. The summed E-state index contributed by atoms with van der Waals surface area (Å²) in [5.74, 6) is -0.920. The number of nitrogens with one attached hydrogen (secondary N) is 3. The summed E-state index contributed by atoms with van der Waals surface area (Å²) < 4.78 is 0. The molecule has 12 heteroatoms. The van der Waals surface area contributed by atoms with Crippen molar-refractivity contribution in [1.82, 2.24) is 15.4 Å². The zero-order valence-corrected chi connectivity index (χ0v) is 17.5. The number of rotatable bonds is 6. The standard InChI is InChI=1S/C18H13Cl3N6O3/c1-9-6-10(19)3-5-14(9)24-16-15(27(29)30)17(23-8-22-16)25-26-18(28)12-4-2-11(20)7-13(12)21/h2-8H,1H3,(H,26,28)(H2,22,23,24,25). The molecule has 2 aromatic carbocycles. The van der Waals surface area contributed by atoms with Gasteiger partial charge in [-0.3, -0.25) is 25.8 Å². The molecule has 0 saturated heterocycles. The molecular weight excluding hydrogens is 455 g/mol. The SMILES string of the molecule is Cc1cc(Cl)ccc1Nc1ncnc(NNC(=O)c2ccc(Cl)cc2Cl)c1[N+](=O)[O-]. The third kappa shape index (κ3) is 4.88. The second kappa shape index (κ2) is 9.12. The van der Waals surface area contributed by atoms with Gasteiger partial charge in [0, 0.05) is 15.7 Å². The summed E-state index contributed by atoms with van der Waals surface area (Å²) in [7, 11) is 0. The number of hydrazine groups is 1. The van der Waals surface area contributed by atoms with E-state index in [1.807, 2.05) is 0 Å². The average molecular weight is 468 g/mol. The monoisotopic (exact) mass is 466 g/mol. The molecule has 0 saturated carbocycles. The molecule has 0 unspecified atom stereocenters. The summed E-state index contributed by atoms with van der Waals surface area (Å²) in [6.45, 7) is 1.79. The van der Waals surface area contributed by atoms with E-state index in [0.29, 0.717) is 15.7 Å². The van der Waals surface area contributed by atoms with Crippen molar-refractivity contribution >= 4 is 63.7 Å². The Bertz CT molecular complexity index is 1140. The Kier molecular flexibility index (Phi) is 6.56. The highest BCUT2D eigenvalue weighted by Gasteiger charge is 2.24. The van der Waals surface area contributed by atoms with Crippen LogP contribution in [0.5, 0.6) is 0 Å². The Morgan fingerprint density at radius 1 is 1.03 bits per heavy atom. The number of anilines is 3. The molecule has 0 aliphatic rings. The van der Waals surface area contributed by atoms with Crippen LogP contribution in [-0.2, 0) is 0 Å². The lowest BCUT2D eigenvalue weighted by molar-refractivity contribution is -0.383. The van der Waals surface area contributed by atoms with Crippen molar-refractivity contribution in [2.45, 2.75) is 6.92 Å². The predicted octanol–water partition coefficient (Wildman–Crippen LogP) is 5.15. The van der Waals surface area contributed by atoms with Crippen molar-refractivity contribution in [3.05, 3.63) is 79.0 Å². The van der Waals surface area contributed by atoms with Crippen molar-refractivity contribution in [2.75, 3.05) is 10.7 Å². The number of aryl methyl sites for hydroxylation is 1. The minimum atomic E-state index is -0.669. The lowest BCUT2D eigenvalue weighted by atomic mass is 10.2. The van der Waals surface area contributed by atoms with Gasteiger partial charge in [0.15, 0.2) is 0 Å². The van der Waals surface area contributed by atoms with E-state index >= 15 is 0 Å². The summed E-state index contributed by atoms with van der Waals surface area (Å²) >= 11 is 17.8. The highest BCUT2D eigenvalue weighted by atomic mass is 35.5. The van der Waals surface area contributed by atoms with E-state index in [4.69, 9.17) is 34.8 Å². The molecular formula is C18H13Cl3N6O3. The first-order chi connectivity index (χ1) is 14.3. The van der Waals surface area contributed by atoms with Gasteiger partial charge in [-0.25, -0.2) is 9.97 Å². The van der Waals surface area contributed by atoms with E-state index in [9.17, 15) is 14.9 Å². The summed E-state index contributed by atoms with van der Waals surface area (Å²) in [6, 6.07) is 9.33. The molecule has 0 aliphatic heterocycles. The quantitative estimate of drug-likeness (QED) is 0.338. The predicted molar refractivity (Wildman–Crippen MR) is 116 cm³/mol. The van der Waals surface area contributed by atoms with Gasteiger partial charge in [-0.1, -0.05) is 34.8 Å². The number of nitrogens with zero attached hydrogens (tertiary/aromatic N) is 3. The molecule has 3 aromatic rings. The van der Waals surface area contributed by atoms with Crippen molar-refractivity contribution in [1.29, 1.82) is 0 Å². The summed E-state index contributed by atoms with van der Waals surface area (Å²) in [4.78, 5) is 31.1. The molecule has 0 spiro atoms. The number of aromatic nitrogens is 2. The first kappa shape index (κ1) is 21.6. The van der Waals surface area contributed by atoms with Crippen LogP contribution in [0.3, 0.4) is 0 Å². The first-order valence-corrected chi connectivity index (χ1v) is 9.43. The maximum Gasteiger partial charge on any atom is 0.355 e. The van der Waals surface area contributed by atoms with Crippen LogP contribution >= 0.6 is 34.8 Å². The van der Waals surface area contributed by atoms with Gasteiger partial charge >= 0.3 is 5.69 Å². The fourth-order valence-electron chi connectivity index (χ4n) is 2.49. The first-order valence-electron chi connectivity index (χ1n) is 8.30. The molecule has 0 radical (unpaired) electrons. The van der Waals surface area contributed by atoms with Gasteiger partial charge in [0.1, 0.15) is 6.33 Å². The molecule has 1 heterocycles. The molecule has 0 fully saturated rings. The molecule has 1 aromatic heterocycles. The fraction of sp³-hybridized carbons (Fsp3) is 0.0556. The van der Waals surface area contributed by atoms with Crippen LogP contribution in [0.4, 0.5) is 23.0 Å². The number of benzene rings is 2. The van der Waals surface area contributed by atoms with Gasteiger partial charge in [0.05, 0.1) is 15.5 Å². The van der Waals surface area contributed by atoms with E-state index in [1.165, 1.54) is 18.2 Å². The molecule has 0 aliphatic carbocycles. The lowest BCUT2D eigenvalue weighted by Gasteiger charge is -2.12. The largest absolute Gasteiger partial charge is 0.355 e. The van der Waals surface area contributed by atoms with Gasteiger partial charge in [0.2, 0.25) is 11.6 Å². The van der Waals surface area contributed by atoms with Crippen LogP contribution in [0.15, 0.2) is 42.7 Å². The van der Waals surface area contributed by atoms with Crippen LogP contribution in [0.25, 0.3) is 0 Å². The molecule has 0 bridgehead atoms. The van der Waals surface area contributed by atoms with Gasteiger partial charge in [-0.15, -0.1) is 0 Å². The molecule has 30 heavy (non-hydrogen) atoms. The van der Waals surface area contributed by atoms with Crippen molar-refractivity contribution in [3.63, 3.8) is 0 Å². The molecule has 154 valence electrons. The smallest absolute Gasteiger partial charge is 0.334 e. The van der Waals surface area contributed by atoms with Gasteiger partial charge in [0.25, 0.3) is 5.91 Å². The van der Waals surface area contributed by atoms with E-state index in [1.54, 1.807) is 25.1 Å². The van der Waals surface area contributed by atoms with Crippen LogP contribution < -0.4 is 16.2 Å². The molecule has 3 rings (SSSR count). The Hall–Kier alpha value is -3.14. The second-order valence-electron chi connectivity index (χ2n) is 5.96. The van der Waals surface area contributed by atoms with Gasteiger partial charge < -0.3 is 5.32 Å². The Labute approximate surface area is 185 Å². The van der Waals surface area contributed by atoms with Crippen LogP contribution in [0.2, 0.25) is 15.1 Å². The minimum Gasteiger partial charge on any atom is -0.334 e. The van der Waals surface area contributed by atoms with Gasteiger partial charge in [-0.2, -0.15) is 0 Å². The molecule has 3 N–H and O–H groups in total. The average Bonchev–Trinajstić information content (AvgIpc) is 2.68. The maximum atomic E-state index is 12.3. The highest BCUT2D eigenvalue weighted by Crippen LogP contribution is 2.32. The van der Waals surface area contributed by atoms with E-state index in [2.05, 4.69) is 26.1 Å².